The summed E-state index contributed by atoms with van der Waals surface area (Å²) in [4.78, 5) is 35.9. The average Bonchev–Trinajstić information content (AvgIpc) is 2.87. The number of nitrogens with zero attached hydrogens (tertiary/aromatic N) is 3. The minimum atomic E-state index is -0.648. The summed E-state index contributed by atoms with van der Waals surface area (Å²) in [6.45, 7) is 2.90. The Morgan fingerprint density at radius 3 is 2.29 bits per heavy atom. The highest BCUT2D eigenvalue weighted by molar-refractivity contribution is 6.39. The largest absolute Gasteiger partial charge is 0.469 e. The molecular weight excluding hydrogens is 485 g/mol. The van der Waals surface area contributed by atoms with Crippen LogP contribution in [0.1, 0.15) is 42.1 Å². The van der Waals surface area contributed by atoms with Crippen molar-refractivity contribution in [3.05, 3.63) is 88.2 Å². The van der Waals surface area contributed by atoms with Crippen LogP contribution in [-0.2, 0) is 9.53 Å². The van der Waals surface area contributed by atoms with E-state index in [1.165, 1.54) is 7.11 Å². The van der Waals surface area contributed by atoms with Gasteiger partial charge in [-0.2, -0.15) is 0 Å². The first-order valence-corrected chi connectivity index (χ1v) is 12.1. The van der Waals surface area contributed by atoms with E-state index in [1.807, 2.05) is 36.4 Å². The molecule has 1 heterocycles. The first kappa shape index (κ1) is 26.4. The molecule has 0 aliphatic rings. The van der Waals surface area contributed by atoms with Gasteiger partial charge in [-0.3, -0.25) is 9.59 Å². The van der Waals surface area contributed by atoms with Gasteiger partial charge in [-0.1, -0.05) is 60.5 Å². The lowest BCUT2D eigenvalue weighted by atomic mass is 9.95. The molecule has 6 nitrogen and oxygen atoms in total. The molecule has 0 bridgehead atoms. The SMILES string of the molecule is CCCN(c1ccc(/C=C/CC(CC(=O)c2c(Cl)cccc2Cl)C(=O)OC)cc1)c1ncccn1. The fourth-order valence-electron chi connectivity index (χ4n) is 3.65. The number of allylic oxidation sites excluding steroid dienone is 1. The molecule has 1 atom stereocenters. The van der Waals surface area contributed by atoms with Gasteiger partial charge >= 0.3 is 5.97 Å². The molecule has 3 aromatic rings. The van der Waals surface area contributed by atoms with Crippen molar-refractivity contribution >= 4 is 52.7 Å². The third-order valence-electron chi connectivity index (χ3n) is 5.38. The highest BCUT2D eigenvalue weighted by Gasteiger charge is 2.24. The summed E-state index contributed by atoms with van der Waals surface area (Å²) >= 11 is 12.3. The highest BCUT2D eigenvalue weighted by Crippen LogP contribution is 2.28. The van der Waals surface area contributed by atoms with Crippen LogP contribution in [0, 0.1) is 5.92 Å². The molecule has 0 spiro atoms. The van der Waals surface area contributed by atoms with Crippen LogP contribution < -0.4 is 4.90 Å². The number of Topliss-reactive ketones (excluding diaryl/α,β-unsaturated/α-hetero) is 1. The van der Waals surface area contributed by atoms with Gasteiger partial charge in [0.15, 0.2) is 5.78 Å². The second-order valence-electron chi connectivity index (χ2n) is 7.87. The summed E-state index contributed by atoms with van der Waals surface area (Å²) in [6, 6.07) is 14.6. The Bertz CT molecular complexity index is 1150. The van der Waals surface area contributed by atoms with E-state index in [-0.39, 0.29) is 27.8 Å². The van der Waals surface area contributed by atoms with Gasteiger partial charge in [0.2, 0.25) is 5.95 Å². The minimum absolute atomic E-state index is 0.0531. The summed E-state index contributed by atoms with van der Waals surface area (Å²) in [5.41, 5.74) is 2.18. The molecule has 1 aromatic heterocycles. The van der Waals surface area contributed by atoms with Crippen molar-refractivity contribution in [2.24, 2.45) is 5.92 Å². The molecule has 0 amide bonds. The van der Waals surface area contributed by atoms with Crippen LogP contribution in [0.4, 0.5) is 11.6 Å². The predicted molar refractivity (Wildman–Crippen MR) is 140 cm³/mol. The van der Waals surface area contributed by atoms with E-state index >= 15 is 0 Å². The molecule has 35 heavy (non-hydrogen) atoms. The first-order valence-electron chi connectivity index (χ1n) is 11.3. The molecule has 2 aromatic carbocycles. The van der Waals surface area contributed by atoms with Crippen molar-refractivity contribution < 1.29 is 14.3 Å². The first-order chi connectivity index (χ1) is 16.9. The topological polar surface area (TPSA) is 72.4 Å². The van der Waals surface area contributed by atoms with Gasteiger partial charge in [0, 0.05) is 31.0 Å². The quantitative estimate of drug-likeness (QED) is 0.208. The van der Waals surface area contributed by atoms with E-state index in [4.69, 9.17) is 27.9 Å². The molecule has 0 aliphatic carbocycles. The van der Waals surface area contributed by atoms with Crippen molar-refractivity contribution in [2.75, 3.05) is 18.6 Å². The van der Waals surface area contributed by atoms with Crippen LogP contribution >= 0.6 is 23.2 Å². The molecule has 0 N–H and O–H groups in total. The molecule has 0 aliphatic heterocycles. The molecule has 0 saturated heterocycles. The van der Waals surface area contributed by atoms with E-state index in [0.717, 1.165) is 24.2 Å². The smallest absolute Gasteiger partial charge is 0.309 e. The van der Waals surface area contributed by atoms with Crippen molar-refractivity contribution in [3.63, 3.8) is 0 Å². The number of methoxy groups -OCH3 is 1. The van der Waals surface area contributed by atoms with E-state index in [0.29, 0.717) is 12.4 Å². The van der Waals surface area contributed by atoms with E-state index in [1.54, 1.807) is 36.7 Å². The number of benzene rings is 2. The zero-order valence-corrected chi connectivity index (χ0v) is 21.2. The number of esters is 1. The van der Waals surface area contributed by atoms with Gasteiger partial charge in [0.25, 0.3) is 0 Å². The maximum Gasteiger partial charge on any atom is 0.309 e. The number of hydrogen-bond donors (Lipinski definition) is 0. The fraction of sp³-hybridized carbons (Fsp3) is 0.259. The molecule has 0 saturated carbocycles. The Morgan fingerprint density at radius 2 is 1.69 bits per heavy atom. The zero-order valence-electron chi connectivity index (χ0n) is 19.7. The Labute approximate surface area is 215 Å². The van der Waals surface area contributed by atoms with Gasteiger partial charge in [0.1, 0.15) is 0 Å². The zero-order chi connectivity index (χ0) is 25.2. The maximum absolute atomic E-state index is 12.8. The van der Waals surface area contributed by atoms with Crippen LogP contribution in [0.25, 0.3) is 6.08 Å². The molecule has 3 rings (SSSR count). The average molecular weight is 512 g/mol. The van der Waals surface area contributed by atoms with Crippen molar-refractivity contribution in [1.82, 2.24) is 9.97 Å². The standard InChI is InChI=1S/C27H27Cl2N3O3/c1-3-17-32(27-30-15-6-16-31-27)21-13-11-19(12-14-21)7-4-8-20(26(34)35-2)18-24(33)25-22(28)9-5-10-23(25)29/h4-7,9-16,20H,3,8,17-18H2,1-2H3/b7-4+. The number of rotatable bonds is 11. The van der Waals surface area contributed by atoms with Crippen LogP contribution in [-0.4, -0.2) is 35.4 Å². The third kappa shape index (κ3) is 7.13. The lowest BCUT2D eigenvalue weighted by Gasteiger charge is -2.22. The van der Waals surface area contributed by atoms with Gasteiger partial charge in [-0.15, -0.1) is 0 Å². The maximum atomic E-state index is 12.8. The van der Waals surface area contributed by atoms with Crippen molar-refractivity contribution in [2.45, 2.75) is 26.2 Å². The molecule has 8 heteroatoms. The summed E-state index contributed by atoms with van der Waals surface area (Å²) < 4.78 is 4.91. The predicted octanol–water partition coefficient (Wildman–Crippen LogP) is 6.80. The molecule has 0 fully saturated rings. The normalized spacial score (nSPS) is 11.9. The Morgan fingerprint density at radius 1 is 1.03 bits per heavy atom. The summed E-state index contributed by atoms with van der Waals surface area (Å²) in [7, 11) is 1.31. The number of ketones is 1. The van der Waals surface area contributed by atoms with Gasteiger partial charge < -0.3 is 9.64 Å². The van der Waals surface area contributed by atoms with Crippen LogP contribution in [0.3, 0.4) is 0 Å². The van der Waals surface area contributed by atoms with Crippen molar-refractivity contribution in [3.8, 4) is 0 Å². The van der Waals surface area contributed by atoms with Crippen molar-refractivity contribution in [1.29, 1.82) is 0 Å². The van der Waals surface area contributed by atoms with Gasteiger partial charge in [-0.25, -0.2) is 9.97 Å². The monoisotopic (exact) mass is 511 g/mol. The van der Waals surface area contributed by atoms with E-state index < -0.39 is 11.9 Å². The number of carbonyl (C=O) groups is 2. The number of halogens is 2. The fourth-order valence-corrected chi connectivity index (χ4v) is 4.26. The van der Waals surface area contributed by atoms with Crippen LogP contribution in [0.5, 0.6) is 0 Å². The Balaban J connectivity index is 1.69. The third-order valence-corrected chi connectivity index (χ3v) is 6.01. The van der Waals surface area contributed by atoms with Gasteiger partial charge in [0.05, 0.1) is 28.6 Å². The van der Waals surface area contributed by atoms with Crippen LogP contribution in [0.2, 0.25) is 10.0 Å². The molecule has 182 valence electrons. The van der Waals surface area contributed by atoms with E-state index in [9.17, 15) is 9.59 Å². The summed E-state index contributed by atoms with van der Waals surface area (Å²) in [5.74, 6) is -0.750. The number of hydrogen-bond acceptors (Lipinski definition) is 6. The lowest BCUT2D eigenvalue weighted by molar-refractivity contribution is -0.145. The second-order valence-corrected chi connectivity index (χ2v) is 8.69. The highest BCUT2D eigenvalue weighted by atomic mass is 35.5. The number of carbonyl (C=O) groups excluding carboxylic acids is 2. The Hall–Kier alpha value is -3.22. The molecule has 1 unspecified atom stereocenters. The number of aromatic nitrogens is 2. The van der Waals surface area contributed by atoms with Gasteiger partial charge in [-0.05, 0) is 48.7 Å². The molecular formula is C27H27Cl2N3O3. The summed E-state index contributed by atoms with van der Waals surface area (Å²) in [5, 5.41) is 0.527. The van der Waals surface area contributed by atoms with E-state index in [2.05, 4.69) is 21.8 Å². The van der Waals surface area contributed by atoms with Crippen LogP contribution in [0.15, 0.2) is 67.0 Å². The second kappa shape index (κ2) is 13.0. The minimum Gasteiger partial charge on any atom is -0.469 e. The number of ether oxygens (including phenoxy) is 1. The Kier molecular flexibility index (Phi) is 9.82. The molecule has 0 radical (unpaired) electrons. The number of anilines is 2. The lowest BCUT2D eigenvalue weighted by Crippen LogP contribution is -2.20. The summed E-state index contributed by atoms with van der Waals surface area (Å²) in [6.07, 6.45) is 8.46.